The van der Waals surface area contributed by atoms with Crippen LogP contribution in [0, 0.1) is 10.8 Å². The average molecular weight is 476 g/mol. The molecule has 2 atom stereocenters. The lowest BCUT2D eigenvalue weighted by Gasteiger charge is -2.35. The Morgan fingerprint density at radius 2 is 1.11 bits per heavy atom. The second-order valence-electron chi connectivity index (χ2n) is 4.98. The molecule has 2 saturated heterocycles. The predicted octanol–water partition coefficient (Wildman–Crippen LogP) is 1.22. The van der Waals surface area contributed by atoms with Crippen LogP contribution >= 0.6 is 45.7 Å². The van der Waals surface area contributed by atoms with E-state index in [2.05, 4.69) is 0 Å². The van der Waals surface area contributed by atoms with E-state index in [1.165, 1.54) is 0 Å². The summed E-state index contributed by atoms with van der Waals surface area (Å²) in [5, 5.41) is 0. The minimum absolute atomic E-state index is 0.0330. The van der Waals surface area contributed by atoms with Gasteiger partial charge in [-0.25, -0.2) is 6.23 Å². The molecule has 2 rings (SSSR count). The molecule has 0 radical (unpaired) electrons. The summed E-state index contributed by atoms with van der Waals surface area (Å²) >= 11 is 3.28. The van der Waals surface area contributed by atoms with Crippen molar-refractivity contribution in [3.8, 4) is 0 Å². The van der Waals surface area contributed by atoms with E-state index in [9.17, 15) is 19.2 Å². The van der Waals surface area contributed by atoms with Crippen LogP contribution in [0.5, 0.6) is 0 Å². The maximum absolute atomic E-state index is 12.2. The van der Waals surface area contributed by atoms with Gasteiger partial charge in [0.25, 0.3) is 0 Å². The molecule has 0 aliphatic carbocycles. The zero-order valence-electron chi connectivity index (χ0n) is 9.70. The van der Waals surface area contributed by atoms with Crippen LogP contribution in [0.15, 0.2) is 0 Å². The van der Waals surface area contributed by atoms with Gasteiger partial charge in [0.1, 0.15) is 0 Å². The van der Waals surface area contributed by atoms with Crippen molar-refractivity contribution in [2.45, 2.75) is 26.7 Å². The first-order valence-corrected chi connectivity index (χ1v) is 7.14. The number of amides is 4. The molecule has 0 N–H and O–H groups in total. The van der Waals surface area contributed by atoms with E-state index < -0.39 is 22.6 Å². The van der Waals surface area contributed by atoms with Crippen molar-refractivity contribution < 1.29 is 19.2 Å². The molecule has 4 amide bonds. The largest absolute Gasteiger partial charge is 0.274 e. The summed E-state index contributed by atoms with van der Waals surface area (Å²) in [4.78, 5) is 47.7. The number of imide groups is 2. The molecule has 2 aliphatic heterocycles. The fourth-order valence-corrected chi connectivity index (χ4v) is 3.82. The van der Waals surface area contributed by atoms with Gasteiger partial charge in [-0.1, -0.05) is 0 Å². The topological polar surface area (TPSA) is 74.8 Å². The molecule has 2 aliphatic rings. The fraction of sp³-hybridized carbons (Fsp3) is 0.600. The zero-order valence-corrected chi connectivity index (χ0v) is 14.0. The van der Waals surface area contributed by atoms with E-state index in [4.69, 9.17) is 0 Å². The van der Waals surface area contributed by atoms with Crippen molar-refractivity contribution in [1.82, 2.24) is 6.23 Å². The molecule has 0 saturated carbocycles. The first-order chi connectivity index (χ1) is 8.15. The van der Waals surface area contributed by atoms with Crippen LogP contribution in [-0.4, -0.2) is 29.9 Å². The lowest BCUT2D eigenvalue weighted by molar-refractivity contribution is -0.147. The molecule has 0 aromatic rings. The molecule has 2 unspecified atom stereocenters. The van der Waals surface area contributed by atoms with E-state index in [1.807, 2.05) is 0 Å². The Labute approximate surface area is 131 Å². The van der Waals surface area contributed by atoms with Crippen molar-refractivity contribution in [2.75, 3.05) is 0 Å². The lowest BCUT2D eigenvalue weighted by atomic mass is 9.63. The Morgan fingerprint density at radius 1 is 0.833 bits per heavy atom. The first-order valence-electron chi connectivity index (χ1n) is 5.21. The molecule has 2 heterocycles. The van der Waals surface area contributed by atoms with Gasteiger partial charge in [-0.15, -0.1) is 0 Å². The molecule has 18 heavy (non-hydrogen) atoms. The van der Waals surface area contributed by atoms with Crippen LogP contribution in [-0.2, 0) is 19.2 Å². The molecule has 8 heteroatoms. The van der Waals surface area contributed by atoms with Gasteiger partial charge in [-0.3, -0.25) is 19.2 Å². The predicted molar refractivity (Wildman–Crippen MR) is 77.2 cm³/mol. The number of carbonyl (C=O) groups excluding carboxylic acids is 4. The third-order valence-corrected chi connectivity index (χ3v) is 5.92. The van der Waals surface area contributed by atoms with Gasteiger partial charge in [0.15, 0.2) is 0 Å². The molecule has 0 aromatic heterocycles. The van der Waals surface area contributed by atoms with E-state index in [0.29, 0.717) is 0 Å². The average Bonchev–Trinajstić information content (AvgIpc) is 2.63. The molecule has 0 spiro atoms. The Kier molecular flexibility index (Phi) is 3.24. The van der Waals surface area contributed by atoms with Crippen LogP contribution in [0.2, 0.25) is 0 Å². The minimum atomic E-state index is -1.14. The van der Waals surface area contributed by atoms with E-state index >= 15 is 0 Å². The molecular weight excluding hydrogens is 466 g/mol. The lowest BCUT2D eigenvalue weighted by Crippen LogP contribution is -2.46. The van der Waals surface area contributed by atoms with Crippen LogP contribution < -0.4 is 0 Å². The molecule has 98 valence electrons. The standard InChI is InChI=1S/C10H10I2N2O4/c1-9(3-5(15)13(11)7(9)17)10(2)4-6(16)14(12)8(10)18/h3-4H2,1-2H3. The van der Waals surface area contributed by atoms with E-state index in [-0.39, 0.29) is 24.7 Å². The second kappa shape index (κ2) is 4.12. The summed E-state index contributed by atoms with van der Waals surface area (Å²) in [7, 11) is 0. The summed E-state index contributed by atoms with van der Waals surface area (Å²) in [6, 6.07) is 0. The highest BCUT2D eigenvalue weighted by Gasteiger charge is 2.65. The molecule has 0 aromatic carbocycles. The Morgan fingerprint density at radius 3 is 1.28 bits per heavy atom. The van der Waals surface area contributed by atoms with Crippen LogP contribution in [0.4, 0.5) is 0 Å². The molecule has 2 fully saturated rings. The summed E-state index contributed by atoms with van der Waals surface area (Å²) in [6.07, 6.45) is -0.0659. The Bertz CT molecular complexity index is 450. The van der Waals surface area contributed by atoms with Crippen molar-refractivity contribution >= 4 is 69.4 Å². The van der Waals surface area contributed by atoms with Crippen molar-refractivity contribution in [2.24, 2.45) is 10.8 Å². The molecular formula is C10H10I2N2O4. The van der Waals surface area contributed by atoms with Gasteiger partial charge in [-0.05, 0) is 13.8 Å². The van der Waals surface area contributed by atoms with Crippen molar-refractivity contribution in [1.29, 1.82) is 0 Å². The minimum Gasteiger partial charge on any atom is -0.274 e. The summed E-state index contributed by atoms with van der Waals surface area (Å²) < 4.78 is 2.02. The highest BCUT2D eigenvalue weighted by atomic mass is 127. The van der Waals surface area contributed by atoms with Gasteiger partial charge in [-0.2, -0.15) is 0 Å². The van der Waals surface area contributed by atoms with E-state index in [0.717, 1.165) is 6.23 Å². The number of halogens is 2. The number of rotatable bonds is 1. The maximum atomic E-state index is 12.2. The quantitative estimate of drug-likeness (QED) is 0.324. The third kappa shape index (κ3) is 1.57. The SMILES string of the molecule is CC1(C2(C)CC(=O)N(I)C2=O)CC(=O)N(I)C1=O. The highest BCUT2D eigenvalue weighted by molar-refractivity contribution is 14.1. The van der Waals surface area contributed by atoms with Crippen LogP contribution in [0.3, 0.4) is 0 Å². The van der Waals surface area contributed by atoms with Crippen LogP contribution in [0.1, 0.15) is 26.7 Å². The number of hydrogen-bond acceptors (Lipinski definition) is 4. The Balaban J connectivity index is 2.49. The van der Waals surface area contributed by atoms with E-state index in [1.54, 1.807) is 59.6 Å². The highest BCUT2D eigenvalue weighted by Crippen LogP contribution is 2.54. The van der Waals surface area contributed by atoms with Gasteiger partial charge in [0.2, 0.25) is 23.6 Å². The monoisotopic (exact) mass is 476 g/mol. The van der Waals surface area contributed by atoms with Crippen molar-refractivity contribution in [3.05, 3.63) is 0 Å². The number of nitrogens with zero attached hydrogens (tertiary/aromatic N) is 2. The molecule has 0 bridgehead atoms. The summed E-state index contributed by atoms with van der Waals surface area (Å²) in [6.45, 7) is 3.18. The normalized spacial score (nSPS) is 37.1. The van der Waals surface area contributed by atoms with Gasteiger partial charge >= 0.3 is 0 Å². The van der Waals surface area contributed by atoms with Crippen LogP contribution in [0.25, 0.3) is 0 Å². The van der Waals surface area contributed by atoms with Crippen molar-refractivity contribution in [3.63, 3.8) is 0 Å². The van der Waals surface area contributed by atoms with Gasteiger partial charge in [0, 0.05) is 12.8 Å². The van der Waals surface area contributed by atoms with Gasteiger partial charge < -0.3 is 0 Å². The zero-order chi connectivity index (χ0) is 13.9. The summed E-state index contributed by atoms with van der Waals surface area (Å²) in [5.41, 5.74) is -2.28. The summed E-state index contributed by atoms with van der Waals surface area (Å²) in [5.74, 6) is -1.44. The first kappa shape index (κ1) is 14.2. The van der Waals surface area contributed by atoms with Gasteiger partial charge in [0.05, 0.1) is 56.6 Å². The molecule has 6 nitrogen and oxygen atoms in total. The third-order valence-electron chi connectivity index (χ3n) is 3.97. The number of carbonyl (C=O) groups is 4. The fourth-order valence-electron chi connectivity index (χ4n) is 2.42. The second-order valence-corrected chi connectivity index (χ2v) is 6.91. The number of hydrogen-bond donors (Lipinski definition) is 0. The Hall–Kier alpha value is -0.260. The smallest absolute Gasteiger partial charge is 0.245 e. The maximum Gasteiger partial charge on any atom is 0.245 e.